The summed E-state index contributed by atoms with van der Waals surface area (Å²) in [5.41, 5.74) is 2.06. The van der Waals surface area contributed by atoms with Crippen LogP contribution in [0.15, 0.2) is 85.5 Å². The lowest BCUT2D eigenvalue weighted by Crippen LogP contribution is -2.20. The van der Waals surface area contributed by atoms with Gasteiger partial charge >= 0.3 is 12.2 Å². The Hall–Kier alpha value is -5.19. The summed E-state index contributed by atoms with van der Waals surface area (Å²) in [6.07, 6.45) is 2.01. The van der Waals surface area contributed by atoms with Crippen molar-refractivity contribution in [3.05, 3.63) is 102 Å². The maximum absolute atomic E-state index is 13.4. The number of aromatic nitrogens is 3. The first-order valence-electron chi connectivity index (χ1n) is 11.6. The molecule has 0 aliphatic heterocycles. The number of methoxy groups -OCH3 is 1. The molecule has 0 saturated heterocycles. The van der Waals surface area contributed by atoms with Crippen LogP contribution in [0.25, 0.3) is 22.2 Å². The molecule has 8 nitrogen and oxygen atoms in total. The zero-order chi connectivity index (χ0) is 27.6. The molecule has 0 fully saturated rings. The van der Waals surface area contributed by atoms with Gasteiger partial charge in [0.15, 0.2) is 5.78 Å². The Labute approximate surface area is 219 Å². The third-order valence-corrected chi connectivity index (χ3v) is 5.88. The van der Waals surface area contributed by atoms with Crippen LogP contribution in [-0.4, -0.2) is 33.9 Å². The summed E-state index contributed by atoms with van der Waals surface area (Å²) >= 11 is 0. The van der Waals surface area contributed by atoms with E-state index in [1.54, 1.807) is 49.1 Å². The van der Waals surface area contributed by atoms with Crippen molar-refractivity contribution >= 4 is 34.2 Å². The second-order valence-electron chi connectivity index (χ2n) is 8.50. The molecule has 2 amide bonds. The van der Waals surface area contributed by atoms with Gasteiger partial charge in [-0.05, 0) is 36.4 Å². The molecule has 3 aromatic heterocycles. The number of amides is 2. The van der Waals surface area contributed by atoms with Crippen LogP contribution in [0.5, 0.6) is 5.75 Å². The zero-order valence-electron chi connectivity index (χ0n) is 20.3. The van der Waals surface area contributed by atoms with Crippen LogP contribution in [0, 0.1) is 0 Å². The molecule has 196 valence electrons. The van der Waals surface area contributed by atoms with Gasteiger partial charge in [0.2, 0.25) is 0 Å². The lowest BCUT2D eigenvalue weighted by molar-refractivity contribution is -0.137. The van der Waals surface area contributed by atoms with Gasteiger partial charge in [0.1, 0.15) is 11.4 Å². The normalized spacial score (nSPS) is 11.3. The summed E-state index contributed by atoms with van der Waals surface area (Å²) in [6, 6.07) is 13.9. The number of hydrogen-bond donors (Lipinski definition) is 3. The molecule has 0 aliphatic rings. The SMILES string of the molecule is COc1cc(NC(=O)Nc2cccc(C(=O)c3c[nH]c4ncc(-c5cccnc5)cc34)c2)cc(C(F)(F)F)c1. The van der Waals surface area contributed by atoms with Crippen LogP contribution < -0.4 is 15.4 Å². The maximum Gasteiger partial charge on any atom is 0.416 e. The van der Waals surface area contributed by atoms with E-state index in [0.717, 1.165) is 23.3 Å². The molecule has 39 heavy (non-hydrogen) atoms. The predicted octanol–water partition coefficient (Wildman–Crippen LogP) is 6.53. The lowest BCUT2D eigenvalue weighted by Gasteiger charge is -2.13. The highest BCUT2D eigenvalue weighted by atomic mass is 19.4. The van der Waals surface area contributed by atoms with E-state index in [1.165, 1.54) is 19.2 Å². The number of aromatic amines is 1. The van der Waals surface area contributed by atoms with Gasteiger partial charge in [0, 0.05) is 69.9 Å². The van der Waals surface area contributed by atoms with Gasteiger partial charge in [-0.3, -0.25) is 9.78 Å². The second-order valence-corrected chi connectivity index (χ2v) is 8.50. The third kappa shape index (κ3) is 5.57. The van der Waals surface area contributed by atoms with Crippen molar-refractivity contribution in [1.82, 2.24) is 15.0 Å². The topological polar surface area (TPSA) is 109 Å². The van der Waals surface area contributed by atoms with Gasteiger partial charge < -0.3 is 20.4 Å². The largest absolute Gasteiger partial charge is 0.497 e. The first-order chi connectivity index (χ1) is 18.7. The number of fused-ring (bicyclic) bond motifs is 1. The molecular weight excluding hydrogens is 511 g/mol. The minimum atomic E-state index is -4.62. The number of H-pyrrole nitrogens is 1. The molecule has 5 aromatic rings. The van der Waals surface area contributed by atoms with Gasteiger partial charge in [-0.15, -0.1) is 0 Å². The summed E-state index contributed by atoms with van der Waals surface area (Å²) in [6.45, 7) is 0. The molecule has 0 saturated carbocycles. The molecule has 3 heterocycles. The number of nitrogens with zero attached hydrogens (tertiary/aromatic N) is 2. The second kappa shape index (κ2) is 10.3. The third-order valence-electron chi connectivity index (χ3n) is 5.88. The van der Waals surface area contributed by atoms with Gasteiger partial charge in [-0.2, -0.15) is 13.2 Å². The van der Waals surface area contributed by atoms with Crippen molar-refractivity contribution in [3.63, 3.8) is 0 Å². The molecule has 0 unspecified atom stereocenters. The molecule has 11 heteroatoms. The Bertz CT molecular complexity index is 1680. The van der Waals surface area contributed by atoms with Gasteiger partial charge in [-0.1, -0.05) is 18.2 Å². The molecule has 0 aliphatic carbocycles. The van der Waals surface area contributed by atoms with Crippen LogP contribution in [0.1, 0.15) is 21.5 Å². The summed E-state index contributed by atoms with van der Waals surface area (Å²) in [5.74, 6) is -0.370. The van der Waals surface area contributed by atoms with Crippen molar-refractivity contribution in [2.75, 3.05) is 17.7 Å². The van der Waals surface area contributed by atoms with E-state index >= 15 is 0 Å². The number of rotatable bonds is 6. The highest BCUT2D eigenvalue weighted by Crippen LogP contribution is 2.34. The summed E-state index contributed by atoms with van der Waals surface area (Å²) in [5, 5.41) is 5.53. The van der Waals surface area contributed by atoms with Crippen LogP contribution in [0.3, 0.4) is 0 Å². The van der Waals surface area contributed by atoms with Gasteiger partial charge in [0.25, 0.3) is 0 Å². The highest BCUT2D eigenvalue weighted by Gasteiger charge is 2.31. The van der Waals surface area contributed by atoms with Crippen LogP contribution in [-0.2, 0) is 6.18 Å². The van der Waals surface area contributed by atoms with E-state index in [4.69, 9.17) is 4.74 Å². The first kappa shape index (κ1) is 25.5. The fourth-order valence-electron chi connectivity index (χ4n) is 4.02. The molecule has 5 rings (SSSR count). The van der Waals surface area contributed by atoms with E-state index in [0.29, 0.717) is 22.2 Å². The number of benzene rings is 2. The lowest BCUT2D eigenvalue weighted by atomic mass is 10.0. The van der Waals surface area contributed by atoms with Crippen molar-refractivity contribution in [2.24, 2.45) is 0 Å². The Morgan fingerprint density at radius 3 is 2.49 bits per heavy atom. The monoisotopic (exact) mass is 531 g/mol. The van der Waals surface area contributed by atoms with E-state index in [2.05, 4.69) is 25.6 Å². The Kier molecular flexibility index (Phi) is 6.72. The molecule has 0 bridgehead atoms. The number of carbonyl (C=O) groups excluding carboxylic acids is 2. The molecule has 0 spiro atoms. The highest BCUT2D eigenvalue weighted by molar-refractivity contribution is 6.16. The molecule has 2 aromatic carbocycles. The Balaban J connectivity index is 1.36. The van der Waals surface area contributed by atoms with Gasteiger partial charge in [-0.25, -0.2) is 9.78 Å². The molecule has 3 N–H and O–H groups in total. The van der Waals surface area contributed by atoms with E-state index in [9.17, 15) is 22.8 Å². The van der Waals surface area contributed by atoms with E-state index in [1.807, 2.05) is 12.1 Å². The number of alkyl halides is 3. The summed E-state index contributed by atoms with van der Waals surface area (Å²) in [7, 11) is 1.23. The smallest absolute Gasteiger partial charge is 0.416 e. The number of urea groups is 1. The quantitative estimate of drug-likeness (QED) is 0.216. The average molecular weight is 531 g/mol. The summed E-state index contributed by atoms with van der Waals surface area (Å²) < 4.78 is 44.5. The minimum Gasteiger partial charge on any atom is -0.497 e. The summed E-state index contributed by atoms with van der Waals surface area (Å²) in [4.78, 5) is 37.5. The molecule has 0 radical (unpaired) electrons. The Morgan fingerprint density at radius 1 is 0.923 bits per heavy atom. The number of ketones is 1. The number of ether oxygens (including phenoxy) is 1. The fourth-order valence-corrected chi connectivity index (χ4v) is 4.02. The van der Waals surface area contributed by atoms with E-state index in [-0.39, 0.29) is 22.9 Å². The van der Waals surface area contributed by atoms with Crippen LogP contribution >= 0.6 is 0 Å². The van der Waals surface area contributed by atoms with Crippen molar-refractivity contribution in [3.8, 4) is 16.9 Å². The Morgan fingerprint density at radius 2 is 1.74 bits per heavy atom. The molecular formula is C28H20F3N5O3. The number of halogens is 3. The predicted molar refractivity (Wildman–Crippen MR) is 140 cm³/mol. The number of pyridine rings is 2. The van der Waals surface area contributed by atoms with Crippen molar-refractivity contribution in [2.45, 2.75) is 6.18 Å². The minimum absolute atomic E-state index is 0.0624. The zero-order valence-corrected chi connectivity index (χ0v) is 20.3. The van der Waals surface area contributed by atoms with E-state index < -0.39 is 17.8 Å². The van der Waals surface area contributed by atoms with Crippen LogP contribution in [0.2, 0.25) is 0 Å². The number of hydrogen-bond acceptors (Lipinski definition) is 5. The van der Waals surface area contributed by atoms with Crippen molar-refractivity contribution < 1.29 is 27.5 Å². The average Bonchev–Trinajstić information content (AvgIpc) is 3.36. The van der Waals surface area contributed by atoms with Gasteiger partial charge in [0.05, 0.1) is 12.7 Å². The number of carbonyl (C=O) groups is 2. The first-order valence-corrected chi connectivity index (χ1v) is 11.6. The fraction of sp³-hybridized carbons (Fsp3) is 0.0714. The standard InChI is InChI=1S/C28H20F3N5O3/c1-39-22-11-19(28(29,30)31)10-21(12-22)36-27(38)35-20-6-2-4-16(8-20)25(37)24-15-34-26-23(24)9-18(14-33-26)17-5-3-7-32-13-17/h2-15H,1H3,(H,33,34)(H2,35,36,38). The maximum atomic E-state index is 13.4. The molecule has 0 atom stereocenters. The van der Waals surface area contributed by atoms with Crippen LogP contribution in [0.4, 0.5) is 29.3 Å². The van der Waals surface area contributed by atoms with Crippen molar-refractivity contribution in [1.29, 1.82) is 0 Å². The number of nitrogens with one attached hydrogen (secondary N) is 3. The number of anilines is 2.